The van der Waals surface area contributed by atoms with Gasteiger partial charge in [-0.3, -0.25) is 10.1 Å². The maximum atomic E-state index is 13.1. The van der Waals surface area contributed by atoms with Crippen LogP contribution in [0.2, 0.25) is 0 Å². The van der Waals surface area contributed by atoms with Crippen molar-refractivity contribution in [2.45, 2.75) is 31.8 Å². The van der Waals surface area contributed by atoms with Gasteiger partial charge in [0.25, 0.3) is 5.69 Å². The number of halogens is 1. The van der Waals surface area contributed by atoms with Crippen LogP contribution in [0.5, 0.6) is 0 Å². The van der Waals surface area contributed by atoms with Crippen LogP contribution in [0.1, 0.15) is 25.3 Å². The van der Waals surface area contributed by atoms with Gasteiger partial charge in [-0.15, -0.1) is 0 Å². The summed E-state index contributed by atoms with van der Waals surface area (Å²) in [5.74, 6) is -0.563. The van der Waals surface area contributed by atoms with Gasteiger partial charge in [0, 0.05) is 18.2 Å². The minimum absolute atomic E-state index is 0.140. The Bertz CT molecular complexity index is 430. The predicted octanol–water partition coefficient (Wildman–Crippen LogP) is 2.38. The molecule has 86 valence electrons. The highest BCUT2D eigenvalue weighted by molar-refractivity contribution is 5.35. The molecule has 0 atom stereocenters. The Morgan fingerprint density at radius 3 is 2.75 bits per heavy atom. The van der Waals surface area contributed by atoms with Crippen LogP contribution in [-0.4, -0.2) is 10.5 Å². The van der Waals surface area contributed by atoms with E-state index in [0.29, 0.717) is 12.1 Å². The van der Waals surface area contributed by atoms with E-state index in [4.69, 9.17) is 0 Å². The van der Waals surface area contributed by atoms with Gasteiger partial charge >= 0.3 is 0 Å². The lowest BCUT2D eigenvalue weighted by Gasteiger charge is -2.10. The van der Waals surface area contributed by atoms with Crippen molar-refractivity contribution in [3.63, 3.8) is 0 Å². The van der Waals surface area contributed by atoms with E-state index in [1.807, 2.05) is 0 Å². The molecule has 0 heterocycles. The summed E-state index contributed by atoms with van der Waals surface area (Å²) in [6.07, 6.45) is 2.20. The van der Waals surface area contributed by atoms with Crippen LogP contribution < -0.4 is 5.32 Å². The third kappa shape index (κ3) is 2.55. The minimum atomic E-state index is -0.578. The number of nitrogens with zero attached hydrogens (tertiary/aromatic N) is 1. The van der Waals surface area contributed by atoms with E-state index < -0.39 is 10.7 Å². The molecule has 1 N–H and O–H groups in total. The van der Waals surface area contributed by atoms with Crippen molar-refractivity contribution in [3.05, 3.63) is 39.7 Å². The van der Waals surface area contributed by atoms with Gasteiger partial charge < -0.3 is 5.32 Å². The van der Waals surface area contributed by atoms with Gasteiger partial charge in [0.15, 0.2) is 0 Å². The number of hydrogen-bond donors (Lipinski definition) is 1. The minimum Gasteiger partial charge on any atom is -0.307 e. The third-order valence-electron chi connectivity index (χ3n) is 2.87. The largest absolute Gasteiger partial charge is 0.307 e. The van der Waals surface area contributed by atoms with Crippen LogP contribution in [0, 0.1) is 15.9 Å². The third-order valence-corrected chi connectivity index (χ3v) is 2.87. The molecule has 1 fully saturated rings. The lowest BCUT2D eigenvalue weighted by molar-refractivity contribution is -0.385. The lowest BCUT2D eigenvalue weighted by Crippen LogP contribution is -2.27. The van der Waals surface area contributed by atoms with E-state index in [-0.39, 0.29) is 11.2 Å². The highest BCUT2D eigenvalue weighted by Crippen LogP contribution is 2.34. The second-order valence-corrected chi connectivity index (χ2v) is 4.49. The van der Waals surface area contributed by atoms with Crippen LogP contribution in [0.3, 0.4) is 0 Å². The molecule has 1 aliphatic carbocycles. The summed E-state index contributed by atoms with van der Waals surface area (Å²) < 4.78 is 13.1. The van der Waals surface area contributed by atoms with E-state index in [1.54, 1.807) is 0 Å². The Morgan fingerprint density at radius 1 is 1.50 bits per heavy atom. The number of nitro benzene ring substituents is 1. The number of non-ortho nitro benzene ring substituents is 1. The second-order valence-electron chi connectivity index (χ2n) is 4.49. The SMILES string of the molecule is CC1(NCc2cc(F)cc([N+](=O)[O-])c2)CC1. The summed E-state index contributed by atoms with van der Waals surface area (Å²) in [7, 11) is 0. The second kappa shape index (κ2) is 3.83. The Morgan fingerprint density at radius 2 is 2.19 bits per heavy atom. The molecule has 4 nitrogen and oxygen atoms in total. The van der Waals surface area contributed by atoms with Gasteiger partial charge in [0.2, 0.25) is 0 Å². The molecule has 1 aromatic carbocycles. The van der Waals surface area contributed by atoms with E-state index in [2.05, 4.69) is 12.2 Å². The molecule has 0 saturated heterocycles. The van der Waals surface area contributed by atoms with Crippen LogP contribution in [0.15, 0.2) is 18.2 Å². The molecule has 5 heteroatoms. The molecule has 0 aromatic heterocycles. The standard InChI is InChI=1S/C11H13FN2O2/c1-11(2-3-11)13-7-8-4-9(12)6-10(5-8)14(15)16/h4-6,13H,2-3,7H2,1H3. The molecule has 16 heavy (non-hydrogen) atoms. The molecular weight excluding hydrogens is 211 g/mol. The van der Waals surface area contributed by atoms with Crippen molar-refractivity contribution < 1.29 is 9.31 Å². The average molecular weight is 224 g/mol. The van der Waals surface area contributed by atoms with Crippen molar-refractivity contribution in [1.29, 1.82) is 0 Å². The van der Waals surface area contributed by atoms with Crippen molar-refractivity contribution in [2.24, 2.45) is 0 Å². The highest BCUT2D eigenvalue weighted by Gasteiger charge is 2.36. The first-order chi connectivity index (χ1) is 7.48. The summed E-state index contributed by atoms with van der Waals surface area (Å²) in [6, 6.07) is 3.66. The number of nitro groups is 1. The first-order valence-corrected chi connectivity index (χ1v) is 5.17. The molecule has 2 rings (SSSR count). The fourth-order valence-electron chi connectivity index (χ4n) is 1.52. The molecule has 0 aliphatic heterocycles. The van der Waals surface area contributed by atoms with Gasteiger partial charge in [-0.1, -0.05) is 0 Å². The van der Waals surface area contributed by atoms with E-state index in [9.17, 15) is 14.5 Å². The summed E-state index contributed by atoms with van der Waals surface area (Å²) in [5, 5.41) is 13.8. The topological polar surface area (TPSA) is 55.2 Å². The van der Waals surface area contributed by atoms with Crippen LogP contribution in [0.25, 0.3) is 0 Å². The maximum Gasteiger partial charge on any atom is 0.272 e. The average Bonchev–Trinajstić information content (AvgIpc) is 2.94. The summed E-state index contributed by atoms with van der Waals surface area (Å²) in [5.41, 5.74) is 0.554. The molecule has 1 aliphatic rings. The van der Waals surface area contributed by atoms with Crippen LogP contribution in [-0.2, 0) is 6.54 Å². The molecule has 0 radical (unpaired) electrons. The normalized spacial score (nSPS) is 17.1. The molecule has 1 aromatic rings. The Hall–Kier alpha value is -1.49. The van der Waals surface area contributed by atoms with Gasteiger partial charge in [-0.2, -0.15) is 0 Å². The van der Waals surface area contributed by atoms with Crippen molar-refractivity contribution in [1.82, 2.24) is 5.32 Å². The first kappa shape index (κ1) is 11.0. The quantitative estimate of drug-likeness (QED) is 0.631. The lowest BCUT2D eigenvalue weighted by atomic mass is 10.2. The smallest absolute Gasteiger partial charge is 0.272 e. The van der Waals surface area contributed by atoms with Crippen molar-refractivity contribution in [3.8, 4) is 0 Å². The highest BCUT2D eigenvalue weighted by atomic mass is 19.1. The van der Waals surface area contributed by atoms with Gasteiger partial charge in [-0.25, -0.2) is 4.39 Å². The first-order valence-electron chi connectivity index (χ1n) is 5.17. The zero-order valence-corrected chi connectivity index (χ0v) is 9.00. The molecule has 0 spiro atoms. The molecular formula is C11H13FN2O2. The predicted molar refractivity (Wildman–Crippen MR) is 57.5 cm³/mol. The van der Waals surface area contributed by atoms with E-state index >= 15 is 0 Å². The summed E-state index contributed by atoms with van der Waals surface area (Å²) in [4.78, 5) is 9.96. The Kier molecular flexibility index (Phi) is 2.63. The van der Waals surface area contributed by atoms with Gasteiger partial charge in [0.1, 0.15) is 5.82 Å². The Labute approximate surface area is 92.6 Å². The molecule has 0 bridgehead atoms. The monoisotopic (exact) mass is 224 g/mol. The zero-order chi connectivity index (χ0) is 11.8. The van der Waals surface area contributed by atoms with Crippen molar-refractivity contribution in [2.75, 3.05) is 0 Å². The van der Waals surface area contributed by atoms with Crippen molar-refractivity contribution >= 4 is 5.69 Å². The van der Waals surface area contributed by atoms with Crippen LogP contribution >= 0.6 is 0 Å². The maximum absolute atomic E-state index is 13.1. The zero-order valence-electron chi connectivity index (χ0n) is 9.00. The fourth-order valence-corrected chi connectivity index (χ4v) is 1.52. The molecule has 0 amide bonds. The van der Waals surface area contributed by atoms with E-state index in [0.717, 1.165) is 18.9 Å². The number of rotatable bonds is 4. The molecule has 1 saturated carbocycles. The summed E-state index contributed by atoms with van der Waals surface area (Å²) in [6.45, 7) is 2.55. The molecule has 0 unspecified atom stereocenters. The summed E-state index contributed by atoms with van der Waals surface area (Å²) >= 11 is 0. The number of benzene rings is 1. The Balaban J connectivity index is 2.10. The number of nitrogens with one attached hydrogen (secondary N) is 1. The number of hydrogen-bond acceptors (Lipinski definition) is 3. The van der Waals surface area contributed by atoms with Gasteiger partial charge in [0.05, 0.1) is 11.0 Å². The van der Waals surface area contributed by atoms with E-state index in [1.165, 1.54) is 12.1 Å². The fraction of sp³-hybridized carbons (Fsp3) is 0.455. The van der Waals surface area contributed by atoms with Crippen LogP contribution in [0.4, 0.5) is 10.1 Å². The van der Waals surface area contributed by atoms with Gasteiger partial charge in [-0.05, 0) is 31.4 Å².